The van der Waals surface area contributed by atoms with Crippen molar-refractivity contribution in [2.24, 2.45) is 0 Å². The van der Waals surface area contributed by atoms with Crippen molar-refractivity contribution >= 4 is 21.4 Å². The molecule has 3 aromatic rings. The first-order valence-corrected chi connectivity index (χ1v) is 9.83. The smallest absolute Gasteiger partial charge is 0.223 e. The van der Waals surface area contributed by atoms with Gasteiger partial charge in [0.2, 0.25) is 0 Å². The number of rotatable bonds is 4. The molecule has 0 fully saturated rings. The van der Waals surface area contributed by atoms with Crippen LogP contribution in [0.4, 0.5) is 13.2 Å². The summed E-state index contributed by atoms with van der Waals surface area (Å²) in [5.41, 5.74) is -0.671. The second kappa shape index (κ2) is 7.37. The molecule has 0 saturated heterocycles. The molecule has 0 spiro atoms. The van der Waals surface area contributed by atoms with Crippen LogP contribution in [0.2, 0.25) is 5.02 Å². The van der Waals surface area contributed by atoms with Crippen LogP contribution in [0.5, 0.6) is 0 Å². The minimum absolute atomic E-state index is 0.0207. The van der Waals surface area contributed by atoms with Crippen LogP contribution >= 0.6 is 11.6 Å². The summed E-state index contributed by atoms with van der Waals surface area (Å²) in [6, 6.07) is 18.6. The lowest BCUT2D eigenvalue weighted by Gasteiger charge is -2.20. The lowest BCUT2D eigenvalue weighted by molar-refractivity contribution is -0.137. The molecule has 0 aromatic heterocycles. The van der Waals surface area contributed by atoms with Gasteiger partial charge in [-0.25, -0.2) is 8.42 Å². The summed E-state index contributed by atoms with van der Waals surface area (Å²) in [5, 5.41) is -1.50. The molecular formula is C20H14ClF3O2S. The Morgan fingerprint density at radius 3 is 1.89 bits per heavy atom. The van der Waals surface area contributed by atoms with E-state index < -0.39 is 26.8 Å². The first kappa shape index (κ1) is 19.5. The first-order chi connectivity index (χ1) is 12.7. The Kier molecular flexibility index (Phi) is 5.31. The van der Waals surface area contributed by atoms with Gasteiger partial charge in [-0.05, 0) is 41.5 Å². The van der Waals surface area contributed by atoms with E-state index in [1.54, 1.807) is 48.5 Å². The molecular weight excluding hydrogens is 397 g/mol. The van der Waals surface area contributed by atoms with Crippen LogP contribution in [0.3, 0.4) is 0 Å². The molecule has 0 saturated carbocycles. The molecule has 0 aliphatic rings. The summed E-state index contributed by atoms with van der Waals surface area (Å²) in [7, 11) is -4.01. The second-order valence-corrected chi connectivity index (χ2v) is 8.39. The van der Waals surface area contributed by atoms with Gasteiger partial charge in [-0.15, -0.1) is 0 Å². The first-order valence-electron chi connectivity index (χ1n) is 7.91. The van der Waals surface area contributed by atoms with Crippen molar-refractivity contribution in [2.75, 3.05) is 0 Å². The Labute approximate surface area is 160 Å². The summed E-state index contributed by atoms with van der Waals surface area (Å²) in [4.78, 5) is 0.0207. The Hall–Kier alpha value is -2.31. The Balaban J connectivity index is 2.26. The monoisotopic (exact) mass is 410 g/mol. The van der Waals surface area contributed by atoms with Gasteiger partial charge in [0, 0.05) is 5.02 Å². The van der Waals surface area contributed by atoms with Crippen molar-refractivity contribution in [1.29, 1.82) is 0 Å². The summed E-state index contributed by atoms with van der Waals surface area (Å²) >= 11 is 5.89. The highest BCUT2D eigenvalue weighted by Crippen LogP contribution is 2.39. The highest BCUT2D eigenvalue weighted by Gasteiger charge is 2.35. The van der Waals surface area contributed by atoms with Gasteiger partial charge in [0.15, 0.2) is 9.84 Å². The van der Waals surface area contributed by atoms with Gasteiger partial charge in [-0.2, -0.15) is 13.2 Å². The number of halogens is 4. The van der Waals surface area contributed by atoms with Gasteiger partial charge in [0.25, 0.3) is 0 Å². The number of benzene rings is 3. The zero-order valence-electron chi connectivity index (χ0n) is 13.8. The van der Waals surface area contributed by atoms with E-state index >= 15 is 0 Å². The van der Waals surface area contributed by atoms with Crippen LogP contribution in [-0.4, -0.2) is 8.42 Å². The fourth-order valence-corrected chi connectivity index (χ4v) is 4.91. The summed E-state index contributed by atoms with van der Waals surface area (Å²) in [6.07, 6.45) is -4.64. The van der Waals surface area contributed by atoms with Gasteiger partial charge in [-0.3, -0.25) is 0 Å². The maximum absolute atomic E-state index is 13.3. The maximum atomic E-state index is 13.3. The fourth-order valence-electron chi connectivity index (χ4n) is 2.85. The number of alkyl halides is 3. The van der Waals surface area contributed by atoms with Crippen LogP contribution < -0.4 is 0 Å². The molecule has 0 aliphatic carbocycles. The molecule has 3 rings (SSSR count). The van der Waals surface area contributed by atoms with Crippen molar-refractivity contribution in [1.82, 2.24) is 0 Å². The zero-order valence-corrected chi connectivity index (χ0v) is 15.4. The summed E-state index contributed by atoms with van der Waals surface area (Å²) in [5.74, 6) is 0. The number of hydrogen-bond donors (Lipinski definition) is 0. The Morgan fingerprint density at radius 2 is 1.33 bits per heavy atom. The largest absolute Gasteiger partial charge is 0.416 e. The van der Waals surface area contributed by atoms with Crippen LogP contribution in [0.25, 0.3) is 0 Å². The van der Waals surface area contributed by atoms with Crippen LogP contribution in [0, 0.1) is 0 Å². The van der Waals surface area contributed by atoms with Gasteiger partial charge in [0.1, 0.15) is 5.25 Å². The van der Waals surface area contributed by atoms with Crippen LogP contribution in [-0.2, 0) is 16.0 Å². The molecule has 0 aliphatic heterocycles. The average Bonchev–Trinajstić information content (AvgIpc) is 2.62. The fraction of sp³-hybridized carbons (Fsp3) is 0.100. The normalized spacial score (nSPS) is 13.3. The Bertz CT molecular complexity index is 1030. The predicted octanol–water partition coefficient (Wildman–Crippen LogP) is 5.92. The highest BCUT2D eigenvalue weighted by atomic mass is 35.5. The van der Waals surface area contributed by atoms with E-state index in [2.05, 4.69) is 0 Å². The zero-order chi connectivity index (χ0) is 19.7. The third-order valence-corrected chi connectivity index (χ3v) is 6.35. The molecule has 0 radical (unpaired) electrons. The Morgan fingerprint density at radius 1 is 0.778 bits per heavy atom. The van der Waals surface area contributed by atoms with Crippen molar-refractivity contribution in [2.45, 2.75) is 16.3 Å². The van der Waals surface area contributed by atoms with Crippen molar-refractivity contribution in [3.05, 3.63) is 101 Å². The van der Waals surface area contributed by atoms with E-state index in [9.17, 15) is 21.6 Å². The molecule has 7 heteroatoms. The van der Waals surface area contributed by atoms with E-state index in [1.165, 1.54) is 18.2 Å². The molecule has 27 heavy (non-hydrogen) atoms. The molecule has 0 bridgehead atoms. The quantitative estimate of drug-likeness (QED) is 0.534. The molecule has 0 heterocycles. The van der Waals surface area contributed by atoms with Gasteiger partial charge in [0.05, 0.1) is 10.5 Å². The van der Waals surface area contributed by atoms with E-state index in [0.29, 0.717) is 5.56 Å². The van der Waals surface area contributed by atoms with Crippen LogP contribution in [0.15, 0.2) is 83.8 Å². The van der Waals surface area contributed by atoms with Crippen LogP contribution in [0.1, 0.15) is 21.9 Å². The van der Waals surface area contributed by atoms with E-state index in [0.717, 1.165) is 12.1 Å². The topological polar surface area (TPSA) is 34.1 Å². The summed E-state index contributed by atoms with van der Waals surface area (Å²) < 4.78 is 66.2. The number of sulfone groups is 1. The number of hydrogen-bond acceptors (Lipinski definition) is 2. The lowest BCUT2D eigenvalue weighted by Crippen LogP contribution is -2.16. The molecule has 0 amide bonds. The summed E-state index contributed by atoms with van der Waals surface area (Å²) in [6.45, 7) is 0. The van der Waals surface area contributed by atoms with E-state index in [1.807, 2.05) is 0 Å². The minimum Gasteiger partial charge on any atom is -0.223 e. The molecule has 140 valence electrons. The third kappa shape index (κ3) is 4.17. The predicted molar refractivity (Wildman–Crippen MR) is 98.4 cm³/mol. The SMILES string of the molecule is O=S(=O)(c1ccccc1)C(c1ccccc1)c1cc(Cl)cc(C(F)(F)F)c1. The molecule has 1 atom stereocenters. The third-order valence-electron chi connectivity index (χ3n) is 4.03. The van der Waals surface area contributed by atoms with Crippen molar-refractivity contribution < 1.29 is 21.6 Å². The molecule has 2 nitrogen and oxygen atoms in total. The standard InChI is InChI=1S/C20H14ClF3O2S/c21-17-12-15(11-16(13-17)20(22,23)24)19(14-7-3-1-4-8-14)27(25,26)18-9-5-2-6-10-18/h1-13,19H. The molecule has 3 aromatic carbocycles. The highest BCUT2D eigenvalue weighted by molar-refractivity contribution is 7.91. The molecule has 0 N–H and O–H groups in total. The maximum Gasteiger partial charge on any atom is 0.416 e. The van der Waals surface area contributed by atoms with E-state index in [-0.39, 0.29) is 15.5 Å². The lowest BCUT2D eigenvalue weighted by atomic mass is 10.0. The van der Waals surface area contributed by atoms with Gasteiger partial charge in [-0.1, -0.05) is 60.1 Å². The minimum atomic E-state index is -4.64. The van der Waals surface area contributed by atoms with Gasteiger partial charge < -0.3 is 0 Å². The van der Waals surface area contributed by atoms with Gasteiger partial charge >= 0.3 is 6.18 Å². The molecule has 1 unspecified atom stereocenters. The average molecular weight is 411 g/mol. The van der Waals surface area contributed by atoms with Crippen molar-refractivity contribution in [3.8, 4) is 0 Å². The van der Waals surface area contributed by atoms with E-state index in [4.69, 9.17) is 11.6 Å². The van der Waals surface area contributed by atoms with Crippen molar-refractivity contribution in [3.63, 3.8) is 0 Å². The second-order valence-electron chi connectivity index (χ2n) is 5.92.